The summed E-state index contributed by atoms with van der Waals surface area (Å²) < 4.78 is 5.44. The van der Waals surface area contributed by atoms with Gasteiger partial charge in [0.05, 0.1) is 0 Å². The topological polar surface area (TPSA) is 51.0 Å². The summed E-state index contributed by atoms with van der Waals surface area (Å²) in [5, 5.41) is 10.9. The SMILES string of the molecule is CCC1CCC(Nc2nnc(C(C)Cl)o2)CC1. The van der Waals surface area contributed by atoms with Gasteiger partial charge in [0.1, 0.15) is 5.38 Å². The van der Waals surface area contributed by atoms with Gasteiger partial charge >= 0.3 is 6.01 Å². The minimum atomic E-state index is -0.228. The highest BCUT2D eigenvalue weighted by molar-refractivity contribution is 6.20. The average Bonchev–Trinajstić information content (AvgIpc) is 2.79. The number of nitrogens with zero attached hydrogens (tertiary/aromatic N) is 2. The molecule has 1 aliphatic rings. The van der Waals surface area contributed by atoms with E-state index in [1.165, 1.54) is 32.1 Å². The summed E-state index contributed by atoms with van der Waals surface area (Å²) in [6.07, 6.45) is 6.25. The summed E-state index contributed by atoms with van der Waals surface area (Å²) >= 11 is 5.87. The predicted octanol–water partition coefficient (Wildman–Crippen LogP) is 3.75. The predicted molar refractivity (Wildman–Crippen MR) is 68.2 cm³/mol. The quantitative estimate of drug-likeness (QED) is 0.835. The molecular formula is C12H20ClN3O. The summed E-state index contributed by atoms with van der Waals surface area (Å²) in [4.78, 5) is 0. The first kappa shape index (κ1) is 12.7. The van der Waals surface area contributed by atoms with Gasteiger partial charge in [0.25, 0.3) is 0 Å². The van der Waals surface area contributed by atoms with Crippen LogP contribution in [0.25, 0.3) is 0 Å². The number of alkyl halides is 1. The third-order valence-electron chi connectivity index (χ3n) is 3.53. The van der Waals surface area contributed by atoms with Gasteiger partial charge in [-0.15, -0.1) is 16.7 Å². The highest BCUT2D eigenvalue weighted by Gasteiger charge is 2.21. The molecular weight excluding hydrogens is 238 g/mol. The molecule has 17 heavy (non-hydrogen) atoms. The fourth-order valence-electron chi connectivity index (χ4n) is 2.34. The zero-order valence-corrected chi connectivity index (χ0v) is 11.2. The second-order valence-corrected chi connectivity index (χ2v) is 5.49. The van der Waals surface area contributed by atoms with Crippen LogP contribution in [-0.4, -0.2) is 16.2 Å². The molecule has 1 atom stereocenters. The Labute approximate surface area is 107 Å². The maximum Gasteiger partial charge on any atom is 0.315 e. The molecule has 2 rings (SSSR count). The fraction of sp³-hybridized carbons (Fsp3) is 0.833. The van der Waals surface area contributed by atoms with E-state index in [1.807, 2.05) is 6.92 Å². The first-order valence-corrected chi connectivity index (χ1v) is 6.86. The number of hydrogen-bond acceptors (Lipinski definition) is 4. The molecule has 1 saturated carbocycles. The highest BCUT2D eigenvalue weighted by atomic mass is 35.5. The van der Waals surface area contributed by atoms with Crippen LogP contribution in [0.4, 0.5) is 6.01 Å². The Bertz CT molecular complexity index is 345. The van der Waals surface area contributed by atoms with Crippen molar-refractivity contribution in [1.29, 1.82) is 0 Å². The van der Waals surface area contributed by atoms with E-state index in [1.54, 1.807) is 0 Å². The maximum absolute atomic E-state index is 5.87. The fourth-order valence-corrected chi connectivity index (χ4v) is 2.43. The van der Waals surface area contributed by atoms with Crippen molar-refractivity contribution in [3.05, 3.63) is 5.89 Å². The molecule has 0 radical (unpaired) electrons. The second kappa shape index (κ2) is 5.71. The molecule has 4 nitrogen and oxygen atoms in total. The average molecular weight is 258 g/mol. The van der Waals surface area contributed by atoms with Crippen molar-refractivity contribution in [3.63, 3.8) is 0 Å². The van der Waals surface area contributed by atoms with Gasteiger partial charge in [-0.25, -0.2) is 0 Å². The monoisotopic (exact) mass is 257 g/mol. The Kier molecular flexibility index (Phi) is 4.26. The van der Waals surface area contributed by atoms with Crippen LogP contribution < -0.4 is 5.32 Å². The minimum Gasteiger partial charge on any atom is -0.406 e. The maximum atomic E-state index is 5.87. The number of hydrogen-bond donors (Lipinski definition) is 1. The normalized spacial score (nSPS) is 26.8. The van der Waals surface area contributed by atoms with Crippen molar-refractivity contribution in [2.75, 3.05) is 5.32 Å². The van der Waals surface area contributed by atoms with E-state index in [0.29, 0.717) is 17.9 Å². The largest absolute Gasteiger partial charge is 0.406 e. The van der Waals surface area contributed by atoms with E-state index < -0.39 is 0 Å². The van der Waals surface area contributed by atoms with Gasteiger partial charge in [0.15, 0.2) is 0 Å². The van der Waals surface area contributed by atoms with Crippen molar-refractivity contribution in [3.8, 4) is 0 Å². The Morgan fingerprint density at radius 3 is 2.59 bits per heavy atom. The summed E-state index contributed by atoms with van der Waals surface area (Å²) in [5.41, 5.74) is 0. The molecule has 96 valence electrons. The van der Waals surface area contributed by atoms with E-state index in [4.69, 9.17) is 16.0 Å². The minimum absolute atomic E-state index is 0.228. The van der Waals surface area contributed by atoms with Crippen molar-refractivity contribution in [2.45, 2.75) is 57.4 Å². The van der Waals surface area contributed by atoms with Gasteiger partial charge in [-0.3, -0.25) is 0 Å². The molecule has 0 spiro atoms. The lowest BCUT2D eigenvalue weighted by atomic mass is 9.85. The molecule has 1 unspecified atom stereocenters. The molecule has 5 heteroatoms. The van der Waals surface area contributed by atoms with E-state index >= 15 is 0 Å². The van der Waals surface area contributed by atoms with Gasteiger partial charge in [0, 0.05) is 6.04 Å². The lowest BCUT2D eigenvalue weighted by Crippen LogP contribution is -2.26. The molecule has 0 aromatic carbocycles. The van der Waals surface area contributed by atoms with Crippen LogP contribution in [0.2, 0.25) is 0 Å². The third kappa shape index (κ3) is 3.35. The number of anilines is 1. The van der Waals surface area contributed by atoms with Crippen LogP contribution >= 0.6 is 11.6 Å². The number of nitrogens with one attached hydrogen (secondary N) is 1. The molecule has 1 aromatic heterocycles. The van der Waals surface area contributed by atoms with Crippen molar-refractivity contribution in [1.82, 2.24) is 10.2 Å². The molecule has 1 heterocycles. The van der Waals surface area contributed by atoms with Gasteiger partial charge in [-0.05, 0) is 38.5 Å². The van der Waals surface area contributed by atoms with Crippen LogP contribution in [0.5, 0.6) is 0 Å². The third-order valence-corrected chi connectivity index (χ3v) is 3.72. The summed E-state index contributed by atoms with van der Waals surface area (Å²) in [5.74, 6) is 1.38. The van der Waals surface area contributed by atoms with E-state index in [-0.39, 0.29) is 5.38 Å². The first-order valence-electron chi connectivity index (χ1n) is 6.43. The van der Waals surface area contributed by atoms with Crippen LogP contribution in [0, 0.1) is 5.92 Å². The number of rotatable bonds is 4. The lowest BCUT2D eigenvalue weighted by molar-refractivity contribution is 0.326. The number of halogens is 1. The summed E-state index contributed by atoms with van der Waals surface area (Å²) in [6, 6.07) is 0.976. The highest BCUT2D eigenvalue weighted by Crippen LogP contribution is 2.28. The van der Waals surface area contributed by atoms with Crippen molar-refractivity contribution >= 4 is 17.6 Å². The molecule has 0 bridgehead atoms. The van der Waals surface area contributed by atoms with E-state index in [0.717, 1.165) is 5.92 Å². The Balaban J connectivity index is 1.84. The molecule has 0 amide bonds. The van der Waals surface area contributed by atoms with Crippen molar-refractivity contribution in [2.24, 2.45) is 5.92 Å². The Morgan fingerprint density at radius 1 is 1.35 bits per heavy atom. The Morgan fingerprint density at radius 2 is 2.06 bits per heavy atom. The van der Waals surface area contributed by atoms with Crippen LogP contribution in [-0.2, 0) is 0 Å². The summed E-state index contributed by atoms with van der Waals surface area (Å²) in [6.45, 7) is 4.09. The second-order valence-electron chi connectivity index (χ2n) is 4.83. The number of aromatic nitrogens is 2. The summed E-state index contributed by atoms with van der Waals surface area (Å²) in [7, 11) is 0. The van der Waals surface area contributed by atoms with Crippen LogP contribution in [0.1, 0.15) is 57.2 Å². The molecule has 1 aromatic rings. The van der Waals surface area contributed by atoms with Gasteiger partial charge in [-0.1, -0.05) is 18.4 Å². The standard InChI is InChI=1S/C12H20ClN3O/c1-3-9-4-6-10(7-5-9)14-12-16-15-11(17-12)8(2)13/h8-10H,3-7H2,1-2H3,(H,14,16). The zero-order valence-electron chi connectivity index (χ0n) is 10.4. The molecule has 0 saturated heterocycles. The van der Waals surface area contributed by atoms with E-state index in [2.05, 4.69) is 22.4 Å². The van der Waals surface area contributed by atoms with E-state index in [9.17, 15) is 0 Å². The van der Waals surface area contributed by atoms with Gasteiger partial charge in [-0.2, -0.15) is 0 Å². The lowest BCUT2D eigenvalue weighted by Gasteiger charge is -2.27. The van der Waals surface area contributed by atoms with Gasteiger partial charge < -0.3 is 9.73 Å². The van der Waals surface area contributed by atoms with Crippen molar-refractivity contribution < 1.29 is 4.42 Å². The van der Waals surface area contributed by atoms with Gasteiger partial charge in [0.2, 0.25) is 5.89 Å². The van der Waals surface area contributed by atoms with Crippen LogP contribution in [0.3, 0.4) is 0 Å². The first-order chi connectivity index (χ1) is 8.19. The molecule has 0 aliphatic heterocycles. The molecule has 1 fully saturated rings. The smallest absolute Gasteiger partial charge is 0.315 e. The molecule has 1 aliphatic carbocycles. The van der Waals surface area contributed by atoms with Crippen LogP contribution in [0.15, 0.2) is 4.42 Å². The Hall–Kier alpha value is -0.770. The zero-order chi connectivity index (χ0) is 12.3. The molecule has 1 N–H and O–H groups in total.